The number of amides is 2. The molecule has 4 aromatic rings. The van der Waals surface area contributed by atoms with Crippen molar-refractivity contribution in [1.82, 2.24) is 10.2 Å². The molecule has 0 unspecified atom stereocenters. The average molecular weight is 681 g/mol. The fraction of sp³-hybridized carbons (Fsp3) is 0.235. The zero-order chi connectivity index (χ0) is 31.7. The summed E-state index contributed by atoms with van der Waals surface area (Å²) in [6.07, 6.45) is 0.920. The Morgan fingerprint density at radius 3 is 2.02 bits per heavy atom. The third-order valence-corrected chi connectivity index (χ3v) is 9.58. The zero-order valence-corrected chi connectivity index (χ0v) is 27.0. The normalized spacial score (nSPS) is 12.6. The Kier molecular flexibility index (Phi) is 11.3. The number of para-hydroxylation sites is 1. The van der Waals surface area contributed by atoms with E-state index < -0.39 is 34.3 Å². The van der Waals surface area contributed by atoms with Gasteiger partial charge in [0.1, 0.15) is 18.4 Å². The molecule has 0 spiro atoms. The second-order valence-electron chi connectivity index (χ2n) is 10.5. The molecule has 0 radical (unpaired) electrons. The van der Waals surface area contributed by atoms with Gasteiger partial charge in [-0.3, -0.25) is 13.9 Å². The number of anilines is 1. The maximum absolute atomic E-state index is 14.4. The summed E-state index contributed by atoms with van der Waals surface area (Å²) in [5, 5.41) is 3.02. The lowest BCUT2D eigenvalue weighted by atomic mass is 10.0. The van der Waals surface area contributed by atoms with E-state index in [4.69, 9.17) is 0 Å². The monoisotopic (exact) mass is 679 g/mol. The third-order valence-electron chi connectivity index (χ3n) is 7.26. The molecule has 4 aromatic carbocycles. The van der Waals surface area contributed by atoms with Crippen molar-refractivity contribution in [3.8, 4) is 0 Å². The molecular formula is C34H35BrFN3O4S. The van der Waals surface area contributed by atoms with Gasteiger partial charge in [0.05, 0.1) is 10.6 Å². The molecule has 0 aliphatic carbocycles. The van der Waals surface area contributed by atoms with E-state index in [0.717, 1.165) is 32.0 Å². The van der Waals surface area contributed by atoms with Crippen molar-refractivity contribution in [1.29, 1.82) is 0 Å². The van der Waals surface area contributed by atoms with Crippen LogP contribution < -0.4 is 9.62 Å². The van der Waals surface area contributed by atoms with E-state index in [1.807, 2.05) is 68.4 Å². The van der Waals surface area contributed by atoms with Crippen molar-refractivity contribution in [2.24, 2.45) is 0 Å². The summed E-state index contributed by atoms with van der Waals surface area (Å²) in [7, 11) is -4.29. The van der Waals surface area contributed by atoms with E-state index in [1.165, 1.54) is 17.0 Å². The van der Waals surface area contributed by atoms with Gasteiger partial charge in [-0.2, -0.15) is 0 Å². The van der Waals surface area contributed by atoms with E-state index in [1.54, 1.807) is 30.3 Å². The Balaban J connectivity index is 1.78. The Morgan fingerprint density at radius 2 is 1.43 bits per heavy atom. The fourth-order valence-corrected chi connectivity index (χ4v) is 6.32. The van der Waals surface area contributed by atoms with E-state index >= 15 is 0 Å². The number of hydrogen-bond acceptors (Lipinski definition) is 4. The molecule has 2 amide bonds. The lowest BCUT2D eigenvalue weighted by molar-refractivity contribution is -0.140. The largest absolute Gasteiger partial charge is 0.352 e. The standard InChI is InChI=1S/C34H35BrFN3O4S/c1-3-25(2)37-34(41)32(22-26-10-6-4-7-11-26)38(23-27-14-16-28(35)17-15-27)33(40)24-39(30-12-8-5-9-13-30)44(42,43)31-20-18-29(36)19-21-31/h4-21,25,32H,3,22-24H2,1-2H3,(H,37,41)/t25-,32-/m0/s1. The van der Waals surface area contributed by atoms with Gasteiger partial charge in [-0.1, -0.05) is 83.5 Å². The van der Waals surface area contributed by atoms with Gasteiger partial charge < -0.3 is 10.2 Å². The number of rotatable bonds is 13. The summed E-state index contributed by atoms with van der Waals surface area (Å²) < 4.78 is 43.4. The molecule has 0 saturated carbocycles. The molecule has 230 valence electrons. The molecule has 7 nitrogen and oxygen atoms in total. The number of hydrogen-bond donors (Lipinski definition) is 1. The predicted octanol–water partition coefficient (Wildman–Crippen LogP) is 6.34. The first-order valence-corrected chi connectivity index (χ1v) is 16.5. The third kappa shape index (κ3) is 8.54. The van der Waals surface area contributed by atoms with Crippen LogP contribution in [0.4, 0.5) is 10.1 Å². The highest BCUT2D eigenvalue weighted by Gasteiger charge is 2.35. The van der Waals surface area contributed by atoms with Gasteiger partial charge in [-0.05, 0) is 73.0 Å². The molecule has 0 aromatic heterocycles. The molecular weight excluding hydrogens is 645 g/mol. The summed E-state index contributed by atoms with van der Waals surface area (Å²) in [5.74, 6) is -1.48. The SMILES string of the molecule is CC[C@H](C)NC(=O)[C@H](Cc1ccccc1)N(Cc1ccc(Br)cc1)C(=O)CN(c1ccccc1)S(=O)(=O)c1ccc(F)cc1. The van der Waals surface area contributed by atoms with Crippen LogP contribution in [-0.2, 0) is 32.6 Å². The van der Waals surface area contributed by atoms with Crippen molar-refractivity contribution in [2.45, 2.75) is 50.2 Å². The van der Waals surface area contributed by atoms with E-state index in [9.17, 15) is 22.4 Å². The van der Waals surface area contributed by atoms with Gasteiger partial charge >= 0.3 is 0 Å². The summed E-state index contributed by atoms with van der Waals surface area (Å²) >= 11 is 3.44. The number of carbonyl (C=O) groups excluding carboxylic acids is 2. The second kappa shape index (κ2) is 15.1. The van der Waals surface area contributed by atoms with Gasteiger partial charge in [0.15, 0.2) is 0 Å². The smallest absolute Gasteiger partial charge is 0.264 e. The lowest BCUT2D eigenvalue weighted by Crippen LogP contribution is -2.54. The highest BCUT2D eigenvalue weighted by Crippen LogP contribution is 2.25. The number of sulfonamides is 1. The van der Waals surface area contributed by atoms with Crippen LogP contribution in [0.5, 0.6) is 0 Å². The maximum atomic E-state index is 14.4. The van der Waals surface area contributed by atoms with Crippen LogP contribution in [0, 0.1) is 5.82 Å². The van der Waals surface area contributed by atoms with Crippen molar-refractivity contribution < 1.29 is 22.4 Å². The van der Waals surface area contributed by atoms with Crippen LogP contribution in [-0.4, -0.2) is 43.8 Å². The van der Waals surface area contributed by atoms with Crippen LogP contribution in [0.3, 0.4) is 0 Å². The molecule has 1 N–H and O–H groups in total. The molecule has 10 heteroatoms. The lowest BCUT2D eigenvalue weighted by Gasteiger charge is -2.34. The Labute approximate surface area is 266 Å². The number of nitrogens with zero attached hydrogens (tertiary/aromatic N) is 2. The van der Waals surface area contributed by atoms with Crippen LogP contribution in [0.1, 0.15) is 31.4 Å². The average Bonchev–Trinajstić information content (AvgIpc) is 3.03. The summed E-state index contributed by atoms with van der Waals surface area (Å²) in [6.45, 7) is 3.34. The summed E-state index contributed by atoms with van der Waals surface area (Å²) in [5.41, 5.74) is 1.88. The first kappa shape index (κ1) is 32.9. The van der Waals surface area contributed by atoms with Gasteiger partial charge in [-0.15, -0.1) is 0 Å². The van der Waals surface area contributed by atoms with E-state index in [-0.39, 0.29) is 35.5 Å². The van der Waals surface area contributed by atoms with Gasteiger partial charge in [0.2, 0.25) is 11.8 Å². The molecule has 0 heterocycles. The Hall–Kier alpha value is -4.02. The minimum Gasteiger partial charge on any atom is -0.352 e. The predicted molar refractivity (Wildman–Crippen MR) is 174 cm³/mol. The van der Waals surface area contributed by atoms with Crippen molar-refractivity contribution in [3.63, 3.8) is 0 Å². The molecule has 0 aliphatic rings. The molecule has 0 aliphatic heterocycles. The Morgan fingerprint density at radius 1 is 0.841 bits per heavy atom. The Bertz CT molecular complexity index is 1640. The molecule has 0 fully saturated rings. The van der Waals surface area contributed by atoms with Crippen molar-refractivity contribution >= 4 is 43.5 Å². The van der Waals surface area contributed by atoms with Crippen LogP contribution in [0.15, 0.2) is 119 Å². The quantitative estimate of drug-likeness (QED) is 0.179. The molecule has 0 saturated heterocycles. The van der Waals surface area contributed by atoms with Crippen LogP contribution >= 0.6 is 15.9 Å². The van der Waals surface area contributed by atoms with Gasteiger partial charge in [0, 0.05) is 23.5 Å². The maximum Gasteiger partial charge on any atom is 0.264 e. The highest BCUT2D eigenvalue weighted by molar-refractivity contribution is 9.10. The number of nitrogens with one attached hydrogen (secondary N) is 1. The highest BCUT2D eigenvalue weighted by atomic mass is 79.9. The summed E-state index contributed by atoms with van der Waals surface area (Å²) in [6, 6.07) is 28.4. The second-order valence-corrected chi connectivity index (χ2v) is 13.3. The van der Waals surface area contributed by atoms with Crippen LogP contribution in [0.2, 0.25) is 0 Å². The van der Waals surface area contributed by atoms with Gasteiger partial charge in [0.25, 0.3) is 10.0 Å². The summed E-state index contributed by atoms with van der Waals surface area (Å²) in [4.78, 5) is 29.5. The number of carbonyl (C=O) groups is 2. The molecule has 44 heavy (non-hydrogen) atoms. The minimum absolute atomic E-state index is 0.0662. The molecule has 4 rings (SSSR count). The minimum atomic E-state index is -4.29. The van der Waals surface area contributed by atoms with Gasteiger partial charge in [-0.25, -0.2) is 12.8 Å². The first-order chi connectivity index (χ1) is 21.1. The van der Waals surface area contributed by atoms with Crippen LogP contribution in [0.25, 0.3) is 0 Å². The number of halogens is 2. The van der Waals surface area contributed by atoms with Crippen molar-refractivity contribution in [3.05, 3.63) is 131 Å². The van der Waals surface area contributed by atoms with Crippen molar-refractivity contribution in [2.75, 3.05) is 10.8 Å². The molecule has 2 atom stereocenters. The molecule has 0 bridgehead atoms. The topological polar surface area (TPSA) is 86.8 Å². The zero-order valence-electron chi connectivity index (χ0n) is 24.6. The van der Waals surface area contributed by atoms with E-state index in [2.05, 4.69) is 21.2 Å². The fourth-order valence-electron chi connectivity index (χ4n) is 4.64. The van der Waals surface area contributed by atoms with E-state index in [0.29, 0.717) is 6.42 Å². The number of benzene rings is 4. The first-order valence-electron chi connectivity index (χ1n) is 14.3.